The average molecular weight is 302 g/mol. The molecule has 2 bridgehead atoms. The third kappa shape index (κ3) is 1.77. The summed E-state index contributed by atoms with van der Waals surface area (Å²) in [4.78, 5) is 12.3. The number of esters is 1. The smallest absolute Gasteiger partial charge is 0.311 e. The molecule has 2 aliphatic carbocycles. The molecule has 0 N–H and O–H groups in total. The number of hydrogen-bond donors (Lipinski definition) is 0. The van der Waals surface area contributed by atoms with Crippen LogP contribution in [0.15, 0.2) is 0 Å². The van der Waals surface area contributed by atoms with Gasteiger partial charge in [0.2, 0.25) is 0 Å². The van der Waals surface area contributed by atoms with Crippen molar-refractivity contribution in [3.8, 4) is 0 Å². The molecule has 3 rings (SSSR count). The van der Waals surface area contributed by atoms with E-state index in [0.717, 1.165) is 6.42 Å². The molecule has 3 fully saturated rings. The minimum absolute atomic E-state index is 0.00691. The van der Waals surface area contributed by atoms with Crippen LogP contribution in [0, 0.1) is 16.7 Å². The first-order chi connectivity index (χ1) is 9.11. The molecule has 0 aromatic rings. The summed E-state index contributed by atoms with van der Waals surface area (Å²) in [5, 5.41) is -0.664. The SMILES string of the molecule is CCC(C)(C)C(=O)OC1C2C3CC1(C)CC3OS2(=O)=O. The van der Waals surface area contributed by atoms with Gasteiger partial charge in [0, 0.05) is 11.3 Å². The van der Waals surface area contributed by atoms with Gasteiger partial charge in [0.05, 0.1) is 11.5 Å². The average Bonchev–Trinajstić information content (AvgIpc) is 2.84. The van der Waals surface area contributed by atoms with E-state index in [1.54, 1.807) is 0 Å². The largest absolute Gasteiger partial charge is 0.460 e. The Hall–Kier alpha value is -0.620. The Kier molecular flexibility index (Phi) is 2.85. The predicted octanol–water partition coefficient (Wildman–Crippen LogP) is 1.86. The normalized spacial score (nSPS) is 44.8. The van der Waals surface area contributed by atoms with E-state index in [2.05, 4.69) is 0 Å². The zero-order valence-electron chi connectivity index (χ0n) is 12.4. The van der Waals surface area contributed by atoms with E-state index in [1.165, 1.54) is 0 Å². The van der Waals surface area contributed by atoms with Crippen LogP contribution in [0.2, 0.25) is 0 Å². The molecule has 0 aromatic heterocycles. The summed E-state index contributed by atoms with van der Waals surface area (Å²) in [6.07, 6.45) is 1.33. The molecule has 5 atom stereocenters. The van der Waals surface area contributed by atoms with Crippen molar-refractivity contribution in [1.82, 2.24) is 0 Å². The molecule has 6 heteroatoms. The van der Waals surface area contributed by atoms with Crippen LogP contribution in [0.3, 0.4) is 0 Å². The summed E-state index contributed by atoms with van der Waals surface area (Å²) in [5.41, 5.74) is -0.843. The van der Waals surface area contributed by atoms with Crippen molar-refractivity contribution in [2.45, 2.75) is 64.4 Å². The Morgan fingerprint density at radius 1 is 1.40 bits per heavy atom. The van der Waals surface area contributed by atoms with Gasteiger partial charge in [0.15, 0.2) is 0 Å². The van der Waals surface area contributed by atoms with Crippen LogP contribution in [0.4, 0.5) is 0 Å². The zero-order chi connectivity index (χ0) is 14.9. The first-order valence-electron chi connectivity index (χ1n) is 7.24. The third-order valence-corrected chi connectivity index (χ3v) is 7.29. The lowest BCUT2D eigenvalue weighted by Crippen LogP contribution is -2.45. The van der Waals surface area contributed by atoms with Gasteiger partial charge >= 0.3 is 5.97 Å². The number of rotatable bonds is 3. The molecule has 0 amide bonds. The predicted molar refractivity (Wildman–Crippen MR) is 72.4 cm³/mol. The molecule has 1 heterocycles. The van der Waals surface area contributed by atoms with E-state index in [0.29, 0.717) is 12.8 Å². The van der Waals surface area contributed by atoms with Crippen LogP contribution in [-0.2, 0) is 23.8 Å². The fourth-order valence-electron chi connectivity index (χ4n) is 3.88. The molecule has 114 valence electrons. The van der Waals surface area contributed by atoms with Crippen LogP contribution in [-0.4, -0.2) is 31.8 Å². The summed E-state index contributed by atoms with van der Waals surface area (Å²) in [5.74, 6) is -0.315. The fraction of sp³-hybridized carbons (Fsp3) is 0.929. The van der Waals surface area contributed by atoms with Gasteiger partial charge in [0.25, 0.3) is 10.1 Å². The van der Waals surface area contributed by atoms with Crippen molar-refractivity contribution in [2.75, 3.05) is 0 Å². The van der Waals surface area contributed by atoms with Crippen LogP contribution in [0.25, 0.3) is 0 Å². The molecule has 0 spiro atoms. The van der Waals surface area contributed by atoms with Gasteiger partial charge in [-0.15, -0.1) is 0 Å². The lowest BCUT2D eigenvalue weighted by atomic mass is 9.82. The van der Waals surface area contributed by atoms with E-state index in [4.69, 9.17) is 8.92 Å². The van der Waals surface area contributed by atoms with E-state index >= 15 is 0 Å². The second-order valence-electron chi connectivity index (χ2n) is 7.38. The van der Waals surface area contributed by atoms with Crippen LogP contribution in [0.1, 0.15) is 47.0 Å². The molecular weight excluding hydrogens is 280 g/mol. The van der Waals surface area contributed by atoms with Crippen LogP contribution < -0.4 is 0 Å². The Morgan fingerprint density at radius 2 is 2.05 bits per heavy atom. The topological polar surface area (TPSA) is 69.7 Å². The van der Waals surface area contributed by atoms with Crippen molar-refractivity contribution in [3.05, 3.63) is 0 Å². The van der Waals surface area contributed by atoms with Crippen molar-refractivity contribution in [1.29, 1.82) is 0 Å². The number of carbonyl (C=O) groups is 1. The molecule has 5 unspecified atom stereocenters. The maximum atomic E-state index is 12.3. The number of carbonyl (C=O) groups excluding carboxylic acids is 1. The van der Waals surface area contributed by atoms with Crippen molar-refractivity contribution in [2.24, 2.45) is 16.7 Å². The molecule has 3 aliphatic rings. The fourth-order valence-corrected chi connectivity index (χ4v) is 5.95. The Morgan fingerprint density at radius 3 is 2.65 bits per heavy atom. The lowest BCUT2D eigenvalue weighted by Gasteiger charge is -2.34. The quantitative estimate of drug-likeness (QED) is 0.588. The standard InChI is InChI=1S/C14H22O5S/c1-5-13(2,3)12(15)18-11-10-8-6-14(11,4)7-9(8)19-20(10,16)17/h8-11H,5-7H2,1-4H3. The van der Waals surface area contributed by atoms with E-state index in [9.17, 15) is 13.2 Å². The number of ether oxygens (including phenoxy) is 1. The van der Waals surface area contributed by atoms with E-state index in [-0.39, 0.29) is 23.4 Å². The zero-order valence-corrected chi connectivity index (χ0v) is 13.2. The maximum absolute atomic E-state index is 12.3. The Balaban J connectivity index is 1.89. The minimum Gasteiger partial charge on any atom is -0.460 e. The summed E-state index contributed by atoms with van der Waals surface area (Å²) < 4.78 is 35.1. The molecule has 1 saturated heterocycles. The molecule has 1 aliphatic heterocycles. The van der Waals surface area contributed by atoms with E-state index in [1.807, 2.05) is 27.7 Å². The van der Waals surface area contributed by atoms with Gasteiger partial charge in [-0.05, 0) is 33.1 Å². The first kappa shape index (κ1) is 14.3. The highest BCUT2D eigenvalue weighted by Gasteiger charge is 2.71. The maximum Gasteiger partial charge on any atom is 0.311 e. The minimum atomic E-state index is -3.59. The highest BCUT2D eigenvalue weighted by atomic mass is 32.2. The van der Waals surface area contributed by atoms with Crippen LogP contribution >= 0.6 is 0 Å². The Labute approximate surface area is 120 Å². The molecule has 0 aromatic carbocycles. The van der Waals surface area contributed by atoms with Gasteiger partial charge in [-0.25, -0.2) is 0 Å². The Bertz CT molecular complexity index is 548. The van der Waals surface area contributed by atoms with Gasteiger partial charge in [0.1, 0.15) is 11.4 Å². The van der Waals surface area contributed by atoms with Crippen molar-refractivity contribution in [3.63, 3.8) is 0 Å². The lowest BCUT2D eigenvalue weighted by molar-refractivity contribution is -0.165. The van der Waals surface area contributed by atoms with Crippen molar-refractivity contribution < 1.29 is 22.1 Å². The summed E-state index contributed by atoms with van der Waals surface area (Å²) in [7, 11) is -3.59. The second-order valence-corrected chi connectivity index (χ2v) is 9.10. The molecular formula is C14H22O5S. The van der Waals surface area contributed by atoms with Crippen molar-refractivity contribution >= 4 is 16.1 Å². The molecule has 2 saturated carbocycles. The highest BCUT2D eigenvalue weighted by Crippen LogP contribution is 2.62. The molecule has 20 heavy (non-hydrogen) atoms. The van der Waals surface area contributed by atoms with Gasteiger partial charge in [-0.3, -0.25) is 8.98 Å². The van der Waals surface area contributed by atoms with Crippen LogP contribution in [0.5, 0.6) is 0 Å². The summed E-state index contributed by atoms with van der Waals surface area (Å²) in [6.45, 7) is 7.59. The third-order valence-electron chi connectivity index (χ3n) is 5.52. The van der Waals surface area contributed by atoms with Gasteiger partial charge < -0.3 is 4.74 Å². The number of fused-ring (bicyclic) bond motifs is 1. The van der Waals surface area contributed by atoms with E-state index < -0.39 is 26.9 Å². The monoisotopic (exact) mass is 302 g/mol. The second kappa shape index (κ2) is 3.97. The molecule has 0 radical (unpaired) electrons. The highest BCUT2D eigenvalue weighted by molar-refractivity contribution is 7.87. The summed E-state index contributed by atoms with van der Waals surface area (Å²) >= 11 is 0. The van der Waals surface area contributed by atoms with Gasteiger partial charge in [-0.1, -0.05) is 13.8 Å². The molecule has 5 nitrogen and oxygen atoms in total. The first-order valence-corrected chi connectivity index (χ1v) is 8.71. The summed E-state index contributed by atoms with van der Waals surface area (Å²) in [6, 6.07) is 0. The van der Waals surface area contributed by atoms with Gasteiger partial charge in [-0.2, -0.15) is 8.42 Å². The number of hydrogen-bond acceptors (Lipinski definition) is 5.